The molecular formula is C10H16. The molecule has 0 spiro atoms. The first-order valence-corrected chi connectivity index (χ1v) is 3.73. The molecule has 0 aliphatic carbocycles. The summed E-state index contributed by atoms with van der Waals surface area (Å²) in [5.74, 6) is 0.833. The van der Waals surface area contributed by atoms with Gasteiger partial charge >= 0.3 is 0 Å². The number of hydrogen-bond acceptors (Lipinski definition) is 0. The van der Waals surface area contributed by atoms with E-state index in [1.54, 1.807) is 0 Å². The van der Waals surface area contributed by atoms with Crippen LogP contribution in [0.4, 0.5) is 0 Å². The Bertz CT molecular complexity index is 101. The minimum Gasteiger partial charge on any atom is -0.0630 e. The summed E-state index contributed by atoms with van der Waals surface area (Å²) >= 11 is 0. The van der Waals surface area contributed by atoms with E-state index in [0.29, 0.717) is 0 Å². The Hall–Kier alpha value is -0.780. The maximum absolute atomic E-state index is 2.17. The Labute approximate surface area is 63.9 Å². The summed E-state index contributed by atoms with van der Waals surface area (Å²) in [6.45, 7) is 6.50. The van der Waals surface area contributed by atoms with E-state index in [1.807, 2.05) is 36.4 Å². The highest BCUT2D eigenvalue weighted by Gasteiger charge is 1.68. The summed E-state index contributed by atoms with van der Waals surface area (Å²) in [7, 11) is 0. The molecule has 0 aromatic heterocycles. The second-order valence-electron chi connectivity index (χ2n) is 2.89. The third kappa shape index (κ3) is 10.3. The van der Waals surface area contributed by atoms with Crippen molar-refractivity contribution in [3.05, 3.63) is 36.4 Å². The van der Waals surface area contributed by atoms with Crippen molar-refractivity contribution >= 4 is 0 Å². The van der Waals surface area contributed by atoms with E-state index >= 15 is 0 Å². The van der Waals surface area contributed by atoms with Gasteiger partial charge in [0.05, 0.1) is 0 Å². The van der Waals surface area contributed by atoms with Crippen LogP contribution in [0.25, 0.3) is 0 Å². The van der Waals surface area contributed by atoms with Crippen LogP contribution in [0.3, 0.4) is 0 Å². The van der Waals surface area contributed by atoms with E-state index in [0.717, 1.165) is 5.92 Å². The van der Waals surface area contributed by atoms with Gasteiger partial charge in [0, 0.05) is 0 Å². The van der Waals surface area contributed by atoms with Crippen LogP contribution >= 0.6 is 0 Å². The van der Waals surface area contributed by atoms with Crippen molar-refractivity contribution in [3.8, 4) is 0 Å². The lowest BCUT2D eigenvalue weighted by molar-refractivity contribution is 0.737. The molecule has 0 amide bonds. The average molecular weight is 136 g/mol. The third-order valence-corrected chi connectivity index (χ3v) is 0.667. The molecule has 0 N–H and O–H groups in total. The van der Waals surface area contributed by atoms with E-state index in [4.69, 9.17) is 0 Å². The predicted octanol–water partition coefficient (Wildman–Crippen LogP) is 3.35. The molecule has 0 aliphatic heterocycles. The summed E-state index contributed by atoms with van der Waals surface area (Å²) in [5, 5.41) is 0. The first-order chi connectivity index (χ1) is 4.73. The highest BCUT2D eigenvalue weighted by molar-refractivity contribution is 4.99. The van der Waals surface area contributed by atoms with Gasteiger partial charge in [0.25, 0.3) is 0 Å². The topological polar surface area (TPSA) is 0 Å². The van der Waals surface area contributed by atoms with Crippen molar-refractivity contribution in [2.75, 3.05) is 0 Å². The Morgan fingerprint density at radius 3 is 0.800 bits per heavy atom. The molecule has 0 heterocycles. The van der Waals surface area contributed by atoms with Crippen LogP contribution in [0.15, 0.2) is 36.4 Å². The summed E-state index contributed by atoms with van der Waals surface area (Å²) in [6.07, 6.45) is 0. The van der Waals surface area contributed by atoms with Gasteiger partial charge in [0.1, 0.15) is 0 Å². The van der Waals surface area contributed by atoms with Crippen molar-refractivity contribution < 1.29 is 0 Å². The Morgan fingerprint density at radius 1 is 0.600 bits per heavy atom. The van der Waals surface area contributed by atoms with Crippen molar-refractivity contribution in [1.82, 2.24) is 0 Å². The molecule has 0 saturated heterocycles. The van der Waals surface area contributed by atoms with E-state index in [1.165, 1.54) is 0 Å². The zero-order chi connectivity index (χ0) is 7.82. The molecule has 10 heavy (non-hydrogen) atoms. The Morgan fingerprint density at radius 2 is 0.700 bits per heavy atom. The average Bonchev–Trinajstić information content (AvgIpc) is 1.90. The maximum Gasteiger partial charge on any atom is -0.0500 e. The van der Waals surface area contributed by atoms with Crippen LogP contribution in [-0.2, 0) is 0 Å². The normalized spacial score (nSPS) is 8.40. The lowest BCUT2D eigenvalue weighted by atomic mass is 10.3. The van der Waals surface area contributed by atoms with E-state index in [9.17, 15) is 0 Å². The molecule has 0 unspecified atom stereocenters. The number of rotatable bonds is 0. The molecule has 0 heteroatoms. The fraction of sp³-hybridized carbons (Fsp3) is 0.400. The quantitative estimate of drug-likeness (QED) is 0.513. The summed E-state index contributed by atoms with van der Waals surface area (Å²) in [6, 6.07) is 12.0. The molecule has 0 saturated carbocycles. The summed E-state index contributed by atoms with van der Waals surface area (Å²) in [5.41, 5.74) is 0. The Kier molecular flexibility index (Phi) is 5.85. The van der Waals surface area contributed by atoms with Gasteiger partial charge in [-0.1, -0.05) is 57.2 Å². The first-order valence-electron chi connectivity index (χ1n) is 3.73. The molecule has 1 rings (SSSR count). The van der Waals surface area contributed by atoms with Crippen LogP contribution in [0.2, 0.25) is 0 Å². The maximum atomic E-state index is 2.17. The SMILES string of the molecule is CC(C)C.c1ccccc1. The van der Waals surface area contributed by atoms with Crippen molar-refractivity contribution in [1.29, 1.82) is 0 Å². The molecule has 0 bridgehead atoms. The molecule has 0 aliphatic rings. The fourth-order valence-electron chi connectivity index (χ4n) is 0.385. The van der Waals surface area contributed by atoms with Crippen LogP contribution in [-0.4, -0.2) is 0 Å². The largest absolute Gasteiger partial charge is 0.0630 e. The number of hydrogen-bond donors (Lipinski definition) is 0. The van der Waals surface area contributed by atoms with Gasteiger partial charge < -0.3 is 0 Å². The van der Waals surface area contributed by atoms with Gasteiger partial charge in [-0.25, -0.2) is 0 Å². The van der Waals surface area contributed by atoms with E-state index < -0.39 is 0 Å². The first kappa shape index (κ1) is 9.22. The van der Waals surface area contributed by atoms with Gasteiger partial charge in [0.15, 0.2) is 0 Å². The standard InChI is InChI=1S/C6H6.C4H10/c1-2-4-6-5-3-1;1-4(2)3/h1-6H;4H,1-3H3. The molecule has 56 valence electrons. The van der Waals surface area contributed by atoms with Gasteiger partial charge in [-0.3, -0.25) is 0 Å². The third-order valence-electron chi connectivity index (χ3n) is 0.667. The minimum absolute atomic E-state index is 0.833. The second-order valence-corrected chi connectivity index (χ2v) is 2.89. The van der Waals surface area contributed by atoms with Gasteiger partial charge in [-0.2, -0.15) is 0 Å². The summed E-state index contributed by atoms with van der Waals surface area (Å²) in [4.78, 5) is 0. The molecule has 0 fully saturated rings. The lowest BCUT2D eigenvalue weighted by Crippen LogP contribution is -1.66. The highest BCUT2D eigenvalue weighted by atomic mass is 13.7. The fourth-order valence-corrected chi connectivity index (χ4v) is 0.385. The van der Waals surface area contributed by atoms with Crippen LogP contribution in [0, 0.1) is 5.92 Å². The lowest BCUT2D eigenvalue weighted by Gasteiger charge is -1.79. The Balaban J connectivity index is 0.000000180. The van der Waals surface area contributed by atoms with Crippen molar-refractivity contribution in [2.45, 2.75) is 20.8 Å². The molecule has 0 atom stereocenters. The second kappa shape index (κ2) is 6.34. The molecule has 0 radical (unpaired) electrons. The van der Waals surface area contributed by atoms with Crippen LogP contribution in [0.1, 0.15) is 20.8 Å². The monoisotopic (exact) mass is 136 g/mol. The zero-order valence-corrected chi connectivity index (χ0v) is 7.04. The molecule has 0 nitrogen and oxygen atoms in total. The van der Waals surface area contributed by atoms with Gasteiger partial charge in [-0.05, 0) is 5.92 Å². The molecule has 1 aromatic rings. The van der Waals surface area contributed by atoms with Crippen LogP contribution in [0.5, 0.6) is 0 Å². The van der Waals surface area contributed by atoms with E-state index in [2.05, 4.69) is 20.8 Å². The number of benzene rings is 1. The minimum atomic E-state index is 0.833. The smallest absolute Gasteiger partial charge is 0.0500 e. The summed E-state index contributed by atoms with van der Waals surface area (Å²) < 4.78 is 0. The van der Waals surface area contributed by atoms with Gasteiger partial charge in [0.2, 0.25) is 0 Å². The van der Waals surface area contributed by atoms with E-state index in [-0.39, 0.29) is 0 Å². The highest BCUT2D eigenvalue weighted by Crippen LogP contribution is 1.81. The predicted molar refractivity (Wildman–Crippen MR) is 47.0 cm³/mol. The van der Waals surface area contributed by atoms with Crippen LogP contribution < -0.4 is 0 Å². The van der Waals surface area contributed by atoms with Crippen molar-refractivity contribution in [2.24, 2.45) is 5.92 Å². The van der Waals surface area contributed by atoms with Crippen molar-refractivity contribution in [3.63, 3.8) is 0 Å². The molecule has 1 aromatic carbocycles. The zero-order valence-electron chi connectivity index (χ0n) is 7.04. The molecular weight excluding hydrogens is 120 g/mol. The van der Waals surface area contributed by atoms with Gasteiger partial charge in [-0.15, -0.1) is 0 Å².